The van der Waals surface area contributed by atoms with Crippen LogP contribution < -0.4 is 0 Å². The standard InChI is InChI=1S/C15H20O2/c1-8-6-5-7-15(4)9(8)12(16)10-11(13(15)17)14(10,2)3/h5-6,8-11H,7H2,1-4H3/t8?,9?,10-,11+,15+/m0/s1. The molecule has 92 valence electrons. The van der Waals surface area contributed by atoms with Gasteiger partial charge in [0.15, 0.2) is 0 Å². The molecule has 0 bridgehead atoms. The summed E-state index contributed by atoms with van der Waals surface area (Å²) in [5.74, 6) is 0.815. The summed E-state index contributed by atoms with van der Waals surface area (Å²) in [6.45, 7) is 8.20. The van der Waals surface area contributed by atoms with Gasteiger partial charge in [-0.2, -0.15) is 0 Å². The molecule has 3 aliphatic rings. The molecule has 0 heterocycles. The fourth-order valence-corrected chi connectivity index (χ4v) is 4.38. The number of hydrogen-bond donors (Lipinski definition) is 0. The average molecular weight is 232 g/mol. The highest BCUT2D eigenvalue weighted by molar-refractivity contribution is 6.07. The third kappa shape index (κ3) is 1.12. The lowest BCUT2D eigenvalue weighted by Crippen LogP contribution is -2.49. The largest absolute Gasteiger partial charge is 0.299 e. The summed E-state index contributed by atoms with van der Waals surface area (Å²) in [5.41, 5.74) is -0.519. The molecule has 2 saturated carbocycles. The third-order valence-corrected chi connectivity index (χ3v) is 5.48. The van der Waals surface area contributed by atoms with Crippen LogP contribution in [0, 0.1) is 34.5 Å². The van der Waals surface area contributed by atoms with Gasteiger partial charge in [-0.25, -0.2) is 0 Å². The quantitative estimate of drug-likeness (QED) is 0.602. The Morgan fingerprint density at radius 2 is 1.76 bits per heavy atom. The molecule has 0 aromatic carbocycles. The van der Waals surface area contributed by atoms with Crippen LogP contribution in [-0.2, 0) is 9.59 Å². The van der Waals surface area contributed by atoms with Crippen LogP contribution in [0.3, 0.4) is 0 Å². The van der Waals surface area contributed by atoms with Crippen LogP contribution >= 0.6 is 0 Å². The topological polar surface area (TPSA) is 34.1 Å². The average Bonchev–Trinajstić information content (AvgIpc) is 2.78. The molecule has 2 fully saturated rings. The van der Waals surface area contributed by atoms with Gasteiger partial charge in [-0.05, 0) is 17.8 Å². The zero-order valence-corrected chi connectivity index (χ0v) is 11.0. The number of rotatable bonds is 0. The van der Waals surface area contributed by atoms with Crippen molar-refractivity contribution in [3.63, 3.8) is 0 Å². The summed E-state index contributed by atoms with van der Waals surface area (Å²) < 4.78 is 0. The SMILES string of the molecule is CC1C=CC[C@@]2(C)C(=O)[C@H]3[C@@H](C(=O)C12)C3(C)C. The molecule has 0 aliphatic heterocycles. The highest BCUT2D eigenvalue weighted by Gasteiger charge is 2.73. The normalized spacial score (nSPS) is 50.8. The van der Waals surface area contributed by atoms with E-state index in [0.717, 1.165) is 6.42 Å². The highest BCUT2D eigenvalue weighted by Crippen LogP contribution is 2.67. The Morgan fingerprint density at radius 1 is 1.12 bits per heavy atom. The molecule has 2 heteroatoms. The molecule has 0 N–H and O–H groups in total. The van der Waals surface area contributed by atoms with Crippen molar-refractivity contribution >= 4 is 11.6 Å². The van der Waals surface area contributed by atoms with Gasteiger partial charge in [0.1, 0.15) is 11.6 Å². The molecule has 3 rings (SSSR count). The first kappa shape index (κ1) is 11.2. The fourth-order valence-electron chi connectivity index (χ4n) is 4.38. The summed E-state index contributed by atoms with van der Waals surface area (Å²) in [6.07, 6.45) is 4.93. The van der Waals surface area contributed by atoms with Gasteiger partial charge in [0, 0.05) is 23.2 Å². The van der Waals surface area contributed by atoms with E-state index in [2.05, 4.69) is 32.9 Å². The maximum Gasteiger partial charge on any atom is 0.144 e. The molecule has 0 radical (unpaired) electrons. The number of ketones is 2. The van der Waals surface area contributed by atoms with E-state index < -0.39 is 5.41 Å². The Morgan fingerprint density at radius 3 is 2.41 bits per heavy atom. The highest BCUT2D eigenvalue weighted by atomic mass is 16.1. The Balaban J connectivity index is 2.10. The van der Waals surface area contributed by atoms with Crippen molar-refractivity contribution in [3.8, 4) is 0 Å². The van der Waals surface area contributed by atoms with E-state index in [4.69, 9.17) is 0 Å². The second-order valence-electron chi connectivity index (χ2n) is 6.93. The summed E-state index contributed by atoms with van der Waals surface area (Å²) >= 11 is 0. The first-order chi connectivity index (χ1) is 7.82. The zero-order valence-electron chi connectivity index (χ0n) is 11.0. The van der Waals surface area contributed by atoms with Crippen molar-refractivity contribution in [2.45, 2.75) is 34.1 Å². The number of hydrogen-bond acceptors (Lipinski definition) is 2. The fraction of sp³-hybridized carbons (Fsp3) is 0.733. The lowest BCUT2D eigenvalue weighted by atomic mass is 9.58. The van der Waals surface area contributed by atoms with Crippen molar-refractivity contribution < 1.29 is 9.59 Å². The second-order valence-corrected chi connectivity index (χ2v) is 6.93. The van der Waals surface area contributed by atoms with Crippen molar-refractivity contribution in [1.82, 2.24) is 0 Å². The first-order valence-corrected chi connectivity index (χ1v) is 6.56. The van der Waals surface area contributed by atoms with Crippen molar-refractivity contribution in [3.05, 3.63) is 12.2 Å². The lowest BCUT2D eigenvalue weighted by Gasteiger charge is -2.43. The summed E-state index contributed by atoms with van der Waals surface area (Å²) in [5, 5.41) is 0. The number of Topliss-reactive ketones (excluding diaryl/α,β-unsaturated/α-hetero) is 2. The van der Waals surface area contributed by atoms with E-state index in [9.17, 15) is 9.59 Å². The van der Waals surface area contributed by atoms with Crippen LogP contribution in [0.2, 0.25) is 0 Å². The van der Waals surface area contributed by atoms with Gasteiger partial charge < -0.3 is 0 Å². The molecule has 0 saturated heterocycles. The van der Waals surface area contributed by atoms with Gasteiger partial charge in [0.2, 0.25) is 0 Å². The molecule has 5 atom stereocenters. The summed E-state index contributed by atoms with van der Waals surface area (Å²) in [4.78, 5) is 25.2. The summed E-state index contributed by atoms with van der Waals surface area (Å²) in [7, 11) is 0. The molecular formula is C15H20O2. The Kier molecular flexibility index (Phi) is 1.91. The van der Waals surface area contributed by atoms with Crippen molar-refractivity contribution in [2.75, 3.05) is 0 Å². The van der Waals surface area contributed by atoms with E-state index in [1.54, 1.807) is 0 Å². The zero-order chi connectivity index (χ0) is 12.6. The minimum absolute atomic E-state index is 0.00187. The van der Waals surface area contributed by atoms with Gasteiger partial charge in [-0.15, -0.1) is 0 Å². The molecule has 2 nitrogen and oxygen atoms in total. The molecule has 0 amide bonds. The predicted octanol–water partition coefficient (Wildman–Crippen LogP) is 2.63. The van der Waals surface area contributed by atoms with Gasteiger partial charge in [-0.3, -0.25) is 9.59 Å². The minimum Gasteiger partial charge on any atom is -0.299 e. The molecule has 17 heavy (non-hydrogen) atoms. The Hall–Kier alpha value is -0.920. The van der Waals surface area contributed by atoms with Crippen LogP contribution in [0.25, 0.3) is 0 Å². The van der Waals surface area contributed by atoms with Gasteiger partial charge in [0.05, 0.1) is 0 Å². The van der Waals surface area contributed by atoms with Crippen molar-refractivity contribution in [2.24, 2.45) is 34.5 Å². The monoisotopic (exact) mass is 232 g/mol. The van der Waals surface area contributed by atoms with E-state index in [1.807, 2.05) is 6.92 Å². The van der Waals surface area contributed by atoms with E-state index in [1.165, 1.54) is 0 Å². The van der Waals surface area contributed by atoms with Crippen LogP contribution in [0.5, 0.6) is 0 Å². The predicted molar refractivity (Wildman–Crippen MR) is 65.3 cm³/mol. The summed E-state index contributed by atoms with van der Waals surface area (Å²) in [6, 6.07) is 0. The van der Waals surface area contributed by atoms with Crippen LogP contribution in [0.4, 0.5) is 0 Å². The smallest absolute Gasteiger partial charge is 0.144 e. The third-order valence-electron chi connectivity index (χ3n) is 5.48. The molecule has 3 aliphatic carbocycles. The van der Waals surface area contributed by atoms with Crippen LogP contribution in [-0.4, -0.2) is 11.6 Å². The number of allylic oxidation sites excluding steroid dienone is 2. The maximum atomic E-state index is 12.6. The van der Waals surface area contributed by atoms with Gasteiger partial charge >= 0.3 is 0 Å². The maximum absolute atomic E-state index is 12.6. The van der Waals surface area contributed by atoms with Gasteiger partial charge in [-0.1, -0.05) is 39.8 Å². The number of carbonyl (C=O) groups excluding carboxylic acids is 2. The van der Waals surface area contributed by atoms with Crippen LogP contribution in [0.1, 0.15) is 34.1 Å². The number of carbonyl (C=O) groups is 2. The second kappa shape index (κ2) is 2.90. The molecule has 2 unspecified atom stereocenters. The Bertz CT molecular complexity index is 446. The lowest BCUT2D eigenvalue weighted by molar-refractivity contribution is -0.147. The minimum atomic E-state index is -0.430. The Labute approximate surface area is 102 Å². The first-order valence-electron chi connectivity index (χ1n) is 6.56. The number of fused-ring (bicyclic) bond motifs is 2. The van der Waals surface area contributed by atoms with E-state index in [0.29, 0.717) is 11.6 Å². The molecular weight excluding hydrogens is 212 g/mol. The van der Waals surface area contributed by atoms with E-state index >= 15 is 0 Å². The molecule has 0 aromatic rings. The molecule has 0 aromatic heterocycles. The van der Waals surface area contributed by atoms with Gasteiger partial charge in [0.25, 0.3) is 0 Å². The molecule has 0 spiro atoms. The van der Waals surface area contributed by atoms with Crippen LogP contribution in [0.15, 0.2) is 12.2 Å². The van der Waals surface area contributed by atoms with Crippen molar-refractivity contribution in [1.29, 1.82) is 0 Å². The van der Waals surface area contributed by atoms with E-state index in [-0.39, 0.29) is 29.1 Å².